The smallest absolute Gasteiger partial charge is 0.339 e. The lowest BCUT2D eigenvalue weighted by molar-refractivity contribution is 0.0475. The third-order valence-corrected chi connectivity index (χ3v) is 5.01. The molecule has 4 rings (SSSR count). The molecular formula is C24H21NO2. The van der Waals surface area contributed by atoms with Crippen molar-refractivity contribution in [3.63, 3.8) is 0 Å². The Labute approximate surface area is 158 Å². The minimum Gasteiger partial charge on any atom is -0.457 e. The van der Waals surface area contributed by atoms with Crippen LogP contribution in [0.5, 0.6) is 0 Å². The molecule has 3 aromatic carbocycles. The maximum absolute atomic E-state index is 13.0. The summed E-state index contributed by atoms with van der Waals surface area (Å²) < 4.78 is 5.74. The number of fused-ring (bicyclic) bond motifs is 2. The Bertz CT molecular complexity index is 1140. The quantitative estimate of drug-likeness (QED) is 0.446. The number of aryl methyl sites for hydroxylation is 1. The monoisotopic (exact) mass is 355 g/mol. The number of hydrogen-bond donors (Lipinski definition) is 0. The van der Waals surface area contributed by atoms with E-state index in [9.17, 15) is 4.79 Å². The molecule has 0 amide bonds. The first-order valence-electron chi connectivity index (χ1n) is 9.21. The third-order valence-electron chi connectivity index (χ3n) is 5.01. The molecule has 0 aliphatic rings. The van der Waals surface area contributed by atoms with Crippen LogP contribution in [0.1, 0.15) is 34.1 Å². The van der Waals surface area contributed by atoms with Crippen molar-refractivity contribution in [3.05, 3.63) is 89.1 Å². The highest BCUT2D eigenvalue weighted by molar-refractivity contribution is 6.05. The van der Waals surface area contributed by atoms with Crippen molar-refractivity contribution in [2.24, 2.45) is 0 Å². The third kappa shape index (κ3) is 3.17. The van der Waals surface area contributed by atoms with Crippen molar-refractivity contribution in [2.75, 3.05) is 0 Å². The minimum absolute atomic E-state index is 0.248. The highest BCUT2D eigenvalue weighted by Gasteiger charge is 2.18. The van der Waals surface area contributed by atoms with Crippen LogP contribution >= 0.6 is 0 Å². The van der Waals surface area contributed by atoms with Crippen LogP contribution in [0.15, 0.2) is 66.7 Å². The maximum Gasteiger partial charge on any atom is 0.339 e. The van der Waals surface area contributed by atoms with E-state index in [-0.39, 0.29) is 12.6 Å². The molecule has 0 fully saturated rings. The molecule has 0 bridgehead atoms. The summed E-state index contributed by atoms with van der Waals surface area (Å²) in [6.45, 7) is 4.25. The van der Waals surface area contributed by atoms with E-state index >= 15 is 0 Å². The predicted octanol–water partition coefficient (Wildman–Crippen LogP) is 5.62. The molecule has 1 aromatic heterocycles. The largest absolute Gasteiger partial charge is 0.457 e. The molecule has 4 aromatic rings. The second-order valence-electron chi connectivity index (χ2n) is 6.64. The van der Waals surface area contributed by atoms with Gasteiger partial charge in [0.05, 0.1) is 11.1 Å². The summed E-state index contributed by atoms with van der Waals surface area (Å²) in [6.07, 6.45) is 0.778. The van der Waals surface area contributed by atoms with Crippen molar-refractivity contribution < 1.29 is 9.53 Å². The van der Waals surface area contributed by atoms with Crippen LogP contribution in [-0.2, 0) is 17.8 Å². The molecule has 0 saturated carbocycles. The Morgan fingerprint density at radius 3 is 2.44 bits per heavy atom. The van der Waals surface area contributed by atoms with Gasteiger partial charge in [-0.05, 0) is 41.3 Å². The van der Waals surface area contributed by atoms with E-state index in [1.165, 1.54) is 0 Å². The second-order valence-corrected chi connectivity index (χ2v) is 6.64. The van der Waals surface area contributed by atoms with Gasteiger partial charge in [0.25, 0.3) is 0 Å². The number of benzene rings is 3. The molecule has 3 nitrogen and oxygen atoms in total. The highest BCUT2D eigenvalue weighted by Crippen LogP contribution is 2.25. The fourth-order valence-corrected chi connectivity index (χ4v) is 3.60. The lowest BCUT2D eigenvalue weighted by Crippen LogP contribution is -2.11. The van der Waals surface area contributed by atoms with Crippen LogP contribution in [0, 0.1) is 6.92 Å². The summed E-state index contributed by atoms with van der Waals surface area (Å²) in [5.41, 5.74) is 4.30. The number of ether oxygens (including phenoxy) is 1. The molecule has 0 N–H and O–H groups in total. The van der Waals surface area contributed by atoms with Crippen LogP contribution in [0.3, 0.4) is 0 Å². The number of rotatable bonds is 4. The number of pyridine rings is 1. The average molecular weight is 355 g/mol. The number of esters is 1. The van der Waals surface area contributed by atoms with E-state index in [1.54, 1.807) is 0 Å². The molecule has 0 radical (unpaired) electrons. The zero-order valence-electron chi connectivity index (χ0n) is 15.5. The topological polar surface area (TPSA) is 39.2 Å². The summed E-state index contributed by atoms with van der Waals surface area (Å²) in [7, 11) is 0. The Morgan fingerprint density at radius 2 is 1.63 bits per heavy atom. The van der Waals surface area contributed by atoms with E-state index in [1.807, 2.05) is 55.5 Å². The average Bonchev–Trinajstić information content (AvgIpc) is 2.71. The van der Waals surface area contributed by atoms with Crippen LogP contribution in [-0.4, -0.2) is 11.0 Å². The summed E-state index contributed by atoms with van der Waals surface area (Å²) in [6, 6.07) is 21.9. The van der Waals surface area contributed by atoms with E-state index in [4.69, 9.17) is 4.74 Å². The summed E-state index contributed by atoms with van der Waals surface area (Å²) >= 11 is 0. The minimum atomic E-state index is -0.297. The Kier molecular flexibility index (Phi) is 4.59. The highest BCUT2D eigenvalue weighted by atomic mass is 16.5. The molecule has 0 spiro atoms. The van der Waals surface area contributed by atoms with Gasteiger partial charge in [0.15, 0.2) is 0 Å². The van der Waals surface area contributed by atoms with Crippen LogP contribution < -0.4 is 0 Å². The first-order chi connectivity index (χ1) is 13.2. The van der Waals surface area contributed by atoms with Crippen molar-refractivity contribution >= 4 is 27.6 Å². The van der Waals surface area contributed by atoms with Crippen LogP contribution in [0.2, 0.25) is 0 Å². The van der Waals surface area contributed by atoms with Gasteiger partial charge in [0.1, 0.15) is 6.61 Å². The van der Waals surface area contributed by atoms with E-state index in [0.717, 1.165) is 44.9 Å². The van der Waals surface area contributed by atoms with Gasteiger partial charge >= 0.3 is 5.97 Å². The van der Waals surface area contributed by atoms with Gasteiger partial charge in [-0.2, -0.15) is 0 Å². The zero-order chi connectivity index (χ0) is 18.8. The number of para-hydroxylation sites is 1. The van der Waals surface area contributed by atoms with Gasteiger partial charge in [0, 0.05) is 11.1 Å². The molecule has 3 heteroatoms. The lowest BCUT2D eigenvalue weighted by atomic mass is 10.0. The van der Waals surface area contributed by atoms with Crippen molar-refractivity contribution in [1.29, 1.82) is 0 Å². The van der Waals surface area contributed by atoms with Crippen molar-refractivity contribution in [1.82, 2.24) is 4.98 Å². The SMILES string of the molecule is CCc1nc2ccccc2c(C(=O)OCc2cccc3ccccc23)c1C. The maximum atomic E-state index is 13.0. The molecule has 0 aliphatic carbocycles. The molecule has 27 heavy (non-hydrogen) atoms. The molecule has 1 heterocycles. The van der Waals surface area contributed by atoms with Gasteiger partial charge in [-0.1, -0.05) is 67.6 Å². The number of hydrogen-bond acceptors (Lipinski definition) is 3. The Balaban J connectivity index is 1.70. The van der Waals surface area contributed by atoms with Gasteiger partial charge in [0.2, 0.25) is 0 Å². The normalized spacial score (nSPS) is 11.0. The summed E-state index contributed by atoms with van der Waals surface area (Å²) in [5, 5.41) is 3.10. The zero-order valence-corrected chi connectivity index (χ0v) is 15.5. The van der Waals surface area contributed by atoms with E-state index in [0.29, 0.717) is 5.56 Å². The van der Waals surface area contributed by atoms with Crippen molar-refractivity contribution in [2.45, 2.75) is 26.9 Å². The van der Waals surface area contributed by atoms with E-state index in [2.05, 4.69) is 30.1 Å². The number of carbonyl (C=O) groups excluding carboxylic acids is 1. The van der Waals surface area contributed by atoms with Gasteiger partial charge in [-0.3, -0.25) is 4.98 Å². The molecule has 134 valence electrons. The van der Waals surface area contributed by atoms with Gasteiger partial charge in [-0.25, -0.2) is 4.79 Å². The molecule has 0 saturated heterocycles. The fourth-order valence-electron chi connectivity index (χ4n) is 3.60. The summed E-state index contributed by atoms with van der Waals surface area (Å²) in [5.74, 6) is -0.297. The van der Waals surface area contributed by atoms with Crippen molar-refractivity contribution in [3.8, 4) is 0 Å². The standard InChI is InChI=1S/C24H21NO2/c1-3-21-16(2)23(20-13-6-7-14-22(20)25-21)24(26)27-15-18-11-8-10-17-9-4-5-12-19(17)18/h4-14H,3,15H2,1-2H3. The first kappa shape index (κ1) is 17.2. The number of carbonyl (C=O) groups is 1. The molecular weight excluding hydrogens is 334 g/mol. The van der Waals surface area contributed by atoms with Gasteiger partial charge < -0.3 is 4.74 Å². The predicted molar refractivity (Wildman–Crippen MR) is 109 cm³/mol. The Morgan fingerprint density at radius 1 is 0.926 bits per heavy atom. The Hall–Kier alpha value is -3.20. The fraction of sp³-hybridized carbons (Fsp3) is 0.167. The lowest BCUT2D eigenvalue weighted by Gasteiger charge is -2.14. The van der Waals surface area contributed by atoms with E-state index < -0.39 is 0 Å². The molecule has 0 unspecified atom stereocenters. The molecule has 0 atom stereocenters. The second kappa shape index (κ2) is 7.20. The van der Waals surface area contributed by atoms with Crippen LogP contribution in [0.25, 0.3) is 21.7 Å². The summed E-state index contributed by atoms with van der Waals surface area (Å²) in [4.78, 5) is 17.7. The number of aromatic nitrogens is 1. The van der Waals surface area contributed by atoms with Gasteiger partial charge in [-0.15, -0.1) is 0 Å². The van der Waals surface area contributed by atoms with Crippen LogP contribution in [0.4, 0.5) is 0 Å². The first-order valence-corrected chi connectivity index (χ1v) is 9.21. The number of nitrogens with zero attached hydrogens (tertiary/aromatic N) is 1. The molecule has 0 aliphatic heterocycles.